The molecule has 0 saturated carbocycles. The maximum absolute atomic E-state index is 7.13. The van der Waals surface area contributed by atoms with Gasteiger partial charge in [0.25, 0.3) is 0 Å². The summed E-state index contributed by atoms with van der Waals surface area (Å²) in [5.41, 5.74) is 0. The zero-order valence-electron chi connectivity index (χ0n) is 4.01. The van der Waals surface area contributed by atoms with Gasteiger partial charge in [-0.2, -0.15) is 0 Å². The second-order valence-electron chi connectivity index (χ2n) is 0.183. The van der Waals surface area contributed by atoms with Crippen LogP contribution in [0.5, 0.6) is 0 Å². The molecular weight excluding hydrogens is 263 g/mol. The van der Waals surface area contributed by atoms with E-state index in [1.807, 2.05) is 0 Å². The van der Waals surface area contributed by atoms with Crippen LogP contribution in [0.15, 0.2) is 0 Å². The first-order chi connectivity index (χ1) is 2.83. The predicted molar refractivity (Wildman–Crippen MR) is 26.0 cm³/mol. The third kappa shape index (κ3) is 112. The van der Waals surface area contributed by atoms with Gasteiger partial charge in [-0.05, 0) is 0 Å². The number of hydrogen-bond donors (Lipinski definition) is 0. The zero-order valence-corrected chi connectivity index (χ0v) is 10.3. The van der Waals surface area contributed by atoms with E-state index in [-0.39, 0.29) is 73.8 Å². The molecule has 0 aromatic carbocycles. The quantitative estimate of drug-likeness (QED) is 0.266. The molecule has 0 spiro atoms. The molecular formula is C2AgKN2S2. The van der Waals surface area contributed by atoms with E-state index in [0.29, 0.717) is 0 Å². The third-order valence-electron chi connectivity index (χ3n) is 0. The van der Waals surface area contributed by atoms with E-state index in [2.05, 4.69) is 25.3 Å². The zero-order chi connectivity index (χ0) is 5.41. The second kappa shape index (κ2) is 37.1. The summed E-state index contributed by atoms with van der Waals surface area (Å²) >= 11 is 7.40. The summed E-state index contributed by atoms with van der Waals surface area (Å²) in [4.78, 5) is 0. The Labute approximate surface area is 118 Å². The van der Waals surface area contributed by atoms with Crippen molar-refractivity contribution in [3.8, 4) is 10.8 Å². The molecule has 0 radical (unpaired) electrons. The van der Waals surface area contributed by atoms with Crippen molar-refractivity contribution >= 4 is 25.3 Å². The number of thiocyanates is 2. The summed E-state index contributed by atoms with van der Waals surface area (Å²) in [7, 11) is 0. The van der Waals surface area contributed by atoms with Crippen LogP contribution in [0.3, 0.4) is 0 Å². The summed E-state index contributed by atoms with van der Waals surface area (Å²) in [6.45, 7) is 0. The van der Waals surface area contributed by atoms with Gasteiger partial charge in [-0.25, -0.2) is 10.5 Å². The molecule has 2 nitrogen and oxygen atoms in total. The molecule has 0 aliphatic carbocycles. The Morgan fingerprint density at radius 1 is 1.00 bits per heavy atom. The van der Waals surface area contributed by atoms with Crippen molar-refractivity contribution in [1.82, 2.24) is 0 Å². The molecule has 0 fully saturated rings. The van der Waals surface area contributed by atoms with E-state index in [4.69, 9.17) is 10.5 Å². The van der Waals surface area contributed by atoms with Gasteiger partial charge in [-0.3, -0.25) is 0 Å². The maximum atomic E-state index is 7.13. The van der Waals surface area contributed by atoms with Crippen LogP contribution in [0.2, 0.25) is 0 Å². The normalized spacial score (nSPS) is 1.75. The van der Waals surface area contributed by atoms with Gasteiger partial charge in [-0.15, -0.1) is 0 Å². The number of rotatable bonds is 0. The van der Waals surface area contributed by atoms with E-state index < -0.39 is 0 Å². The Bertz CT molecular complexity index is 73.0. The van der Waals surface area contributed by atoms with Crippen molar-refractivity contribution < 1.29 is 73.8 Å². The number of nitrogens with zero attached hydrogens (tertiary/aromatic N) is 2. The topological polar surface area (TPSA) is 47.6 Å². The molecule has 0 amide bonds. The van der Waals surface area contributed by atoms with Gasteiger partial charge >= 0.3 is 73.8 Å². The monoisotopic (exact) mass is 262 g/mol. The maximum Gasteiger partial charge on any atom is 1.00 e. The largest absolute Gasteiger partial charge is 1.00 e. The van der Waals surface area contributed by atoms with Crippen LogP contribution in [0, 0.1) is 21.3 Å². The molecule has 0 atom stereocenters. The molecule has 0 aliphatic rings. The van der Waals surface area contributed by atoms with E-state index in [1.54, 1.807) is 0 Å². The summed E-state index contributed by atoms with van der Waals surface area (Å²) in [6, 6.07) is 0. The van der Waals surface area contributed by atoms with E-state index >= 15 is 0 Å². The Morgan fingerprint density at radius 2 is 1.00 bits per heavy atom. The average molecular weight is 263 g/mol. The van der Waals surface area contributed by atoms with Crippen LogP contribution in [0.1, 0.15) is 0 Å². The molecule has 0 heterocycles. The van der Waals surface area contributed by atoms with Crippen molar-refractivity contribution in [2.24, 2.45) is 0 Å². The van der Waals surface area contributed by atoms with Crippen molar-refractivity contribution in [1.29, 1.82) is 10.5 Å². The third-order valence-corrected chi connectivity index (χ3v) is 0. The van der Waals surface area contributed by atoms with Gasteiger partial charge in [0.15, 0.2) is 0 Å². The van der Waals surface area contributed by atoms with E-state index in [9.17, 15) is 0 Å². The molecule has 0 N–H and O–H groups in total. The SMILES string of the molecule is N#C[S-].N#C[S-].[Ag+].[K+]. The van der Waals surface area contributed by atoms with Gasteiger partial charge < -0.3 is 25.3 Å². The van der Waals surface area contributed by atoms with Crippen LogP contribution < -0.4 is 51.4 Å². The van der Waals surface area contributed by atoms with Crippen molar-refractivity contribution in [2.75, 3.05) is 0 Å². The Kier molecular flexibility index (Phi) is 105. The summed E-state index contributed by atoms with van der Waals surface area (Å²) in [6.07, 6.45) is 0. The molecule has 0 aliphatic heterocycles. The fraction of sp³-hybridized carbons (Fsp3) is 0. The van der Waals surface area contributed by atoms with Crippen molar-refractivity contribution in [2.45, 2.75) is 0 Å². The van der Waals surface area contributed by atoms with Gasteiger partial charge in [0.1, 0.15) is 0 Å². The van der Waals surface area contributed by atoms with Crippen molar-refractivity contribution in [3.05, 3.63) is 0 Å². The average Bonchev–Trinajstić information content (AvgIpc) is 1.39. The molecule has 6 heteroatoms. The van der Waals surface area contributed by atoms with Crippen LogP contribution in [-0.4, -0.2) is 0 Å². The predicted octanol–water partition coefficient (Wildman–Crippen LogP) is -2.97. The molecule has 0 aromatic heterocycles. The number of nitriles is 2. The van der Waals surface area contributed by atoms with Crippen LogP contribution >= 0.6 is 0 Å². The fourth-order valence-corrected chi connectivity index (χ4v) is 0. The Balaban J connectivity index is -0.0000000160. The number of hydrogen-bond acceptors (Lipinski definition) is 4. The molecule has 8 heavy (non-hydrogen) atoms. The minimum atomic E-state index is 0. The molecule has 0 rings (SSSR count). The van der Waals surface area contributed by atoms with E-state index in [1.165, 1.54) is 10.8 Å². The smallest absolute Gasteiger partial charge is 0.696 e. The molecule has 0 unspecified atom stereocenters. The van der Waals surface area contributed by atoms with Crippen LogP contribution in [0.4, 0.5) is 0 Å². The summed E-state index contributed by atoms with van der Waals surface area (Å²) in [5.74, 6) is 0. The van der Waals surface area contributed by atoms with Gasteiger partial charge in [0.05, 0.1) is 0 Å². The summed E-state index contributed by atoms with van der Waals surface area (Å²) < 4.78 is 0. The first-order valence-corrected chi connectivity index (χ1v) is 1.67. The van der Waals surface area contributed by atoms with Gasteiger partial charge in [0.2, 0.25) is 0 Å². The molecule has 42 valence electrons. The van der Waals surface area contributed by atoms with Crippen molar-refractivity contribution in [3.63, 3.8) is 0 Å². The van der Waals surface area contributed by atoms with Gasteiger partial charge in [-0.1, -0.05) is 10.8 Å². The van der Waals surface area contributed by atoms with Gasteiger partial charge in [0, 0.05) is 0 Å². The first kappa shape index (κ1) is 22.6. The fourth-order valence-electron chi connectivity index (χ4n) is 0. The standard InChI is InChI=1S/2CHNS.Ag.K/c2*2-1-3;;/h2*3H;;/q;;2*+1/p-2. The van der Waals surface area contributed by atoms with E-state index in [0.717, 1.165) is 0 Å². The Hall–Kier alpha value is 1.80. The first-order valence-electron chi connectivity index (χ1n) is 0.855. The minimum Gasteiger partial charge on any atom is -0.696 e. The minimum absolute atomic E-state index is 0. The summed E-state index contributed by atoms with van der Waals surface area (Å²) in [5, 5.41) is 16.9. The van der Waals surface area contributed by atoms with Crippen LogP contribution in [-0.2, 0) is 47.6 Å². The molecule has 0 aromatic rings. The molecule has 0 saturated heterocycles. The van der Waals surface area contributed by atoms with Crippen LogP contribution in [0.25, 0.3) is 0 Å². The molecule has 0 bridgehead atoms. The Morgan fingerprint density at radius 3 is 1.00 bits per heavy atom. The second-order valence-corrected chi connectivity index (χ2v) is 0.548.